The van der Waals surface area contributed by atoms with Gasteiger partial charge in [0.05, 0.1) is 6.67 Å². The van der Waals surface area contributed by atoms with Crippen LogP contribution in [0.15, 0.2) is 18.2 Å². The van der Waals surface area contributed by atoms with E-state index in [1.807, 2.05) is 0 Å². The highest BCUT2D eigenvalue weighted by atomic mass is 19.1. The van der Waals surface area contributed by atoms with Gasteiger partial charge in [0.15, 0.2) is 0 Å². The third kappa shape index (κ3) is 2.42. The Balaban J connectivity index is 2.84. The minimum Gasteiger partial charge on any atom is -0.508 e. The van der Waals surface area contributed by atoms with Gasteiger partial charge in [0.2, 0.25) is 0 Å². The summed E-state index contributed by atoms with van der Waals surface area (Å²) < 4.78 is 12.0. The highest BCUT2D eigenvalue weighted by Gasteiger charge is 2.06. The van der Waals surface area contributed by atoms with Crippen LogP contribution in [0.3, 0.4) is 0 Å². The van der Waals surface area contributed by atoms with E-state index < -0.39 is 6.67 Å². The number of hydrogen-bond donors (Lipinski definition) is 2. The maximum atomic E-state index is 12.0. The van der Waals surface area contributed by atoms with E-state index in [2.05, 4.69) is 0 Å². The normalized spacial score (nSPS) is 12.8. The molecule has 1 aromatic carbocycles. The van der Waals surface area contributed by atoms with Crippen molar-refractivity contribution in [3.63, 3.8) is 0 Å². The van der Waals surface area contributed by atoms with Crippen molar-refractivity contribution in [2.75, 3.05) is 6.67 Å². The van der Waals surface area contributed by atoms with Crippen LogP contribution < -0.4 is 5.73 Å². The van der Waals surface area contributed by atoms with Crippen molar-refractivity contribution in [3.05, 3.63) is 29.3 Å². The van der Waals surface area contributed by atoms with Crippen LogP contribution >= 0.6 is 0 Å². The summed E-state index contributed by atoms with van der Waals surface area (Å²) in [5.74, 6) is 0.246. The summed E-state index contributed by atoms with van der Waals surface area (Å²) in [5.41, 5.74) is 7.34. The first kappa shape index (κ1) is 9.99. The SMILES string of the molecule is Cc1cc([C@@H](N)CCF)ccc1O. The summed E-state index contributed by atoms with van der Waals surface area (Å²) in [6.07, 6.45) is 0.324. The standard InChI is InChI=1S/C10H14FNO/c1-7-6-8(2-3-10(7)13)9(12)4-5-11/h2-3,6,9,13H,4-5,12H2,1H3/t9-/m0/s1. The molecule has 3 N–H and O–H groups in total. The minimum atomic E-state index is -0.416. The summed E-state index contributed by atoms with van der Waals surface area (Å²) >= 11 is 0. The van der Waals surface area contributed by atoms with E-state index in [4.69, 9.17) is 5.73 Å². The number of alkyl halides is 1. The van der Waals surface area contributed by atoms with Gasteiger partial charge in [0.1, 0.15) is 5.75 Å². The predicted octanol–water partition coefficient (Wildman–Crippen LogP) is 2.06. The zero-order valence-corrected chi connectivity index (χ0v) is 7.63. The summed E-state index contributed by atoms with van der Waals surface area (Å²) in [6, 6.07) is 4.82. The van der Waals surface area contributed by atoms with Crippen molar-refractivity contribution in [1.29, 1.82) is 0 Å². The first-order valence-electron chi connectivity index (χ1n) is 4.26. The molecule has 0 amide bonds. The van der Waals surface area contributed by atoms with Gasteiger partial charge in [-0.05, 0) is 30.5 Å². The Labute approximate surface area is 77.2 Å². The first-order valence-corrected chi connectivity index (χ1v) is 4.26. The number of rotatable bonds is 3. The lowest BCUT2D eigenvalue weighted by molar-refractivity contribution is 0.441. The molecule has 1 rings (SSSR count). The number of halogens is 1. The molecule has 0 radical (unpaired) electrons. The summed E-state index contributed by atoms with van der Waals surface area (Å²) in [6.45, 7) is 1.38. The molecule has 0 aliphatic carbocycles. The van der Waals surface area contributed by atoms with E-state index in [9.17, 15) is 9.50 Å². The van der Waals surface area contributed by atoms with Crippen molar-refractivity contribution in [2.24, 2.45) is 5.73 Å². The number of aromatic hydroxyl groups is 1. The molecular weight excluding hydrogens is 169 g/mol. The van der Waals surface area contributed by atoms with Crippen molar-refractivity contribution < 1.29 is 9.50 Å². The van der Waals surface area contributed by atoms with Crippen molar-refractivity contribution >= 4 is 0 Å². The van der Waals surface area contributed by atoms with Crippen LogP contribution in [-0.4, -0.2) is 11.8 Å². The van der Waals surface area contributed by atoms with Gasteiger partial charge >= 0.3 is 0 Å². The van der Waals surface area contributed by atoms with Crippen LogP contribution in [-0.2, 0) is 0 Å². The van der Waals surface area contributed by atoms with Gasteiger partial charge < -0.3 is 10.8 Å². The highest BCUT2D eigenvalue weighted by Crippen LogP contribution is 2.21. The Hall–Kier alpha value is -1.09. The number of benzene rings is 1. The fourth-order valence-corrected chi connectivity index (χ4v) is 1.19. The van der Waals surface area contributed by atoms with Crippen LogP contribution in [0.1, 0.15) is 23.6 Å². The van der Waals surface area contributed by atoms with Crippen molar-refractivity contribution in [2.45, 2.75) is 19.4 Å². The Kier molecular flexibility index (Phi) is 3.25. The lowest BCUT2D eigenvalue weighted by atomic mass is 10.0. The second kappa shape index (κ2) is 4.23. The molecule has 0 unspecified atom stereocenters. The van der Waals surface area contributed by atoms with Gasteiger partial charge in [-0.1, -0.05) is 12.1 Å². The quantitative estimate of drug-likeness (QED) is 0.753. The molecule has 0 aromatic heterocycles. The van der Waals surface area contributed by atoms with Gasteiger partial charge in [-0.3, -0.25) is 4.39 Å². The second-order valence-electron chi connectivity index (χ2n) is 3.13. The molecule has 1 aromatic rings. The monoisotopic (exact) mass is 183 g/mol. The summed E-state index contributed by atoms with van der Waals surface area (Å²) in [4.78, 5) is 0. The number of phenolic OH excluding ortho intramolecular Hbond substituents is 1. The Morgan fingerprint density at radius 2 is 2.23 bits per heavy atom. The van der Waals surface area contributed by atoms with Gasteiger partial charge in [0, 0.05) is 6.04 Å². The second-order valence-corrected chi connectivity index (χ2v) is 3.13. The van der Waals surface area contributed by atoms with Crippen LogP contribution in [0.25, 0.3) is 0 Å². The lowest BCUT2D eigenvalue weighted by Crippen LogP contribution is -2.10. The van der Waals surface area contributed by atoms with E-state index in [0.29, 0.717) is 6.42 Å². The lowest BCUT2D eigenvalue weighted by Gasteiger charge is -2.10. The fraction of sp³-hybridized carbons (Fsp3) is 0.400. The third-order valence-corrected chi connectivity index (χ3v) is 2.07. The maximum absolute atomic E-state index is 12.0. The average Bonchev–Trinajstić information content (AvgIpc) is 2.10. The van der Waals surface area contributed by atoms with E-state index >= 15 is 0 Å². The van der Waals surface area contributed by atoms with Crippen molar-refractivity contribution in [1.82, 2.24) is 0 Å². The molecule has 0 bridgehead atoms. The molecule has 0 heterocycles. The molecule has 2 nitrogen and oxygen atoms in total. The molecule has 1 atom stereocenters. The van der Waals surface area contributed by atoms with Crippen molar-refractivity contribution in [3.8, 4) is 5.75 Å². The molecule has 0 spiro atoms. The Bertz CT molecular complexity index is 288. The zero-order valence-electron chi connectivity index (χ0n) is 7.63. The average molecular weight is 183 g/mol. The van der Waals surface area contributed by atoms with Crippen LogP contribution in [0.2, 0.25) is 0 Å². The molecule has 0 saturated heterocycles. The van der Waals surface area contributed by atoms with E-state index in [0.717, 1.165) is 11.1 Å². The van der Waals surface area contributed by atoms with Crippen LogP contribution in [0, 0.1) is 6.92 Å². The maximum Gasteiger partial charge on any atom is 0.118 e. The third-order valence-electron chi connectivity index (χ3n) is 2.07. The van der Waals surface area contributed by atoms with E-state index in [-0.39, 0.29) is 11.8 Å². The first-order chi connectivity index (χ1) is 6.15. The summed E-state index contributed by atoms with van der Waals surface area (Å²) in [5, 5.41) is 9.24. The zero-order chi connectivity index (χ0) is 9.84. The number of nitrogens with two attached hydrogens (primary N) is 1. The molecular formula is C10H14FNO. The topological polar surface area (TPSA) is 46.2 Å². The number of aryl methyl sites for hydroxylation is 1. The molecule has 0 fully saturated rings. The molecule has 13 heavy (non-hydrogen) atoms. The van der Waals surface area contributed by atoms with E-state index in [1.165, 1.54) is 0 Å². The highest BCUT2D eigenvalue weighted by molar-refractivity contribution is 5.36. The Morgan fingerprint density at radius 3 is 2.77 bits per heavy atom. The van der Waals surface area contributed by atoms with Gasteiger partial charge in [0.25, 0.3) is 0 Å². The van der Waals surface area contributed by atoms with E-state index in [1.54, 1.807) is 25.1 Å². The molecule has 0 aliphatic heterocycles. The number of phenols is 1. The van der Waals surface area contributed by atoms with Gasteiger partial charge in [-0.2, -0.15) is 0 Å². The molecule has 3 heteroatoms. The number of hydrogen-bond acceptors (Lipinski definition) is 2. The van der Waals surface area contributed by atoms with Gasteiger partial charge in [-0.25, -0.2) is 0 Å². The predicted molar refractivity (Wildman–Crippen MR) is 50.4 cm³/mol. The summed E-state index contributed by atoms with van der Waals surface area (Å²) in [7, 11) is 0. The molecule has 0 saturated carbocycles. The Morgan fingerprint density at radius 1 is 1.54 bits per heavy atom. The van der Waals surface area contributed by atoms with Gasteiger partial charge in [-0.15, -0.1) is 0 Å². The molecule has 72 valence electrons. The smallest absolute Gasteiger partial charge is 0.118 e. The molecule has 0 aliphatic rings. The fourth-order valence-electron chi connectivity index (χ4n) is 1.19. The minimum absolute atomic E-state index is 0.246. The van der Waals surface area contributed by atoms with Crippen LogP contribution in [0.4, 0.5) is 4.39 Å². The van der Waals surface area contributed by atoms with Crippen LogP contribution in [0.5, 0.6) is 5.75 Å². The largest absolute Gasteiger partial charge is 0.508 e.